The summed E-state index contributed by atoms with van der Waals surface area (Å²) in [7, 11) is 3.34. The summed E-state index contributed by atoms with van der Waals surface area (Å²) in [6.07, 6.45) is 0. The number of para-hydroxylation sites is 1. The van der Waals surface area contributed by atoms with Crippen molar-refractivity contribution in [3.8, 4) is 5.75 Å². The Bertz CT molecular complexity index is 839. The normalized spacial score (nSPS) is 10.7. The second kappa shape index (κ2) is 6.46. The summed E-state index contributed by atoms with van der Waals surface area (Å²) in [5.41, 5.74) is 1.65. The molecular formula is C18H16BrNO3. The molecule has 1 aromatic heterocycles. The van der Waals surface area contributed by atoms with Crippen LogP contribution in [0.25, 0.3) is 11.0 Å². The van der Waals surface area contributed by atoms with Crippen LogP contribution < -0.4 is 4.74 Å². The summed E-state index contributed by atoms with van der Waals surface area (Å²) in [5.74, 6) is 0.771. The summed E-state index contributed by atoms with van der Waals surface area (Å²) in [6.45, 7) is 0.514. The maximum absolute atomic E-state index is 12.6. The fourth-order valence-corrected chi connectivity index (χ4v) is 2.69. The van der Waals surface area contributed by atoms with Gasteiger partial charge in [-0.25, -0.2) is 0 Å². The molecule has 0 saturated heterocycles. The van der Waals surface area contributed by atoms with Crippen molar-refractivity contribution in [1.29, 1.82) is 0 Å². The molecule has 1 heterocycles. The van der Waals surface area contributed by atoms with Gasteiger partial charge in [0.05, 0.1) is 7.11 Å². The van der Waals surface area contributed by atoms with E-state index in [4.69, 9.17) is 9.15 Å². The van der Waals surface area contributed by atoms with Crippen molar-refractivity contribution in [2.75, 3.05) is 14.2 Å². The van der Waals surface area contributed by atoms with Crippen molar-refractivity contribution in [3.63, 3.8) is 0 Å². The summed E-state index contributed by atoms with van der Waals surface area (Å²) in [4.78, 5) is 14.2. The van der Waals surface area contributed by atoms with Crippen molar-refractivity contribution >= 4 is 32.8 Å². The Morgan fingerprint density at radius 3 is 2.65 bits per heavy atom. The third-order valence-electron chi connectivity index (χ3n) is 3.62. The lowest BCUT2D eigenvalue weighted by molar-refractivity contribution is 0.0755. The van der Waals surface area contributed by atoms with Gasteiger partial charge in [0.15, 0.2) is 17.1 Å². The molecule has 5 heteroatoms. The molecule has 0 aliphatic carbocycles. The number of carbonyl (C=O) groups is 1. The van der Waals surface area contributed by atoms with Crippen LogP contribution >= 0.6 is 15.9 Å². The van der Waals surface area contributed by atoms with Crippen molar-refractivity contribution in [3.05, 3.63) is 64.3 Å². The number of ether oxygens (including phenoxy) is 1. The van der Waals surface area contributed by atoms with E-state index in [2.05, 4.69) is 15.9 Å². The monoisotopic (exact) mass is 373 g/mol. The molecule has 0 aliphatic rings. The first-order chi connectivity index (χ1) is 11.1. The first kappa shape index (κ1) is 15.6. The number of methoxy groups -OCH3 is 1. The highest BCUT2D eigenvalue weighted by Gasteiger charge is 2.18. The average Bonchev–Trinajstić information content (AvgIpc) is 3.00. The van der Waals surface area contributed by atoms with Gasteiger partial charge in [-0.05, 0) is 29.8 Å². The predicted molar refractivity (Wildman–Crippen MR) is 92.7 cm³/mol. The number of hydrogen-bond acceptors (Lipinski definition) is 3. The molecule has 0 saturated carbocycles. The van der Waals surface area contributed by atoms with Crippen molar-refractivity contribution in [2.24, 2.45) is 0 Å². The van der Waals surface area contributed by atoms with E-state index in [1.165, 1.54) is 0 Å². The second-order valence-corrected chi connectivity index (χ2v) is 6.19. The van der Waals surface area contributed by atoms with Crippen LogP contribution in [0.15, 0.2) is 57.4 Å². The highest BCUT2D eigenvalue weighted by atomic mass is 79.9. The first-order valence-electron chi connectivity index (χ1n) is 7.15. The molecule has 0 N–H and O–H groups in total. The van der Waals surface area contributed by atoms with E-state index in [1.807, 2.05) is 42.5 Å². The molecule has 0 aliphatic heterocycles. The lowest BCUT2D eigenvalue weighted by atomic mass is 10.2. The molecule has 0 fully saturated rings. The lowest BCUT2D eigenvalue weighted by Crippen LogP contribution is -2.25. The third-order valence-corrected chi connectivity index (χ3v) is 4.15. The van der Waals surface area contributed by atoms with E-state index in [1.54, 1.807) is 25.1 Å². The van der Waals surface area contributed by atoms with Crippen LogP contribution in [-0.2, 0) is 6.54 Å². The van der Waals surface area contributed by atoms with Gasteiger partial charge in [0, 0.05) is 23.5 Å². The smallest absolute Gasteiger partial charge is 0.289 e. The van der Waals surface area contributed by atoms with Gasteiger partial charge in [-0.3, -0.25) is 4.79 Å². The maximum atomic E-state index is 12.6. The van der Waals surface area contributed by atoms with Gasteiger partial charge in [-0.1, -0.05) is 40.2 Å². The van der Waals surface area contributed by atoms with E-state index < -0.39 is 0 Å². The molecule has 23 heavy (non-hydrogen) atoms. The van der Waals surface area contributed by atoms with Gasteiger partial charge < -0.3 is 14.1 Å². The largest absolute Gasteiger partial charge is 0.493 e. The Hall–Kier alpha value is -2.27. The van der Waals surface area contributed by atoms with Crippen LogP contribution in [0, 0.1) is 0 Å². The number of benzene rings is 2. The highest BCUT2D eigenvalue weighted by molar-refractivity contribution is 9.10. The second-order valence-electron chi connectivity index (χ2n) is 5.28. The Labute approximate surface area is 142 Å². The SMILES string of the molecule is COc1cccc2cc(C(=O)N(C)Cc3ccc(Br)cc3)oc12. The predicted octanol–water partition coefficient (Wildman–Crippen LogP) is 4.48. The quantitative estimate of drug-likeness (QED) is 0.677. The zero-order chi connectivity index (χ0) is 16.4. The number of hydrogen-bond donors (Lipinski definition) is 0. The van der Waals surface area contributed by atoms with Crippen molar-refractivity contribution < 1.29 is 13.9 Å². The van der Waals surface area contributed by atoms with Gasteiger partial charge >= 0.3 is 0 Å². The van der Waals surface area contributed by atoms with E-state index >= 15 is 0 Å². The Balaban J connectivity index is 1.83. The zero-order valence-electron chi connectivity index (χ0n) is 12.9. The van der Waals surface area contributed by atoms with Gasteiger partial charge in [0.1, 0.15) is 0 Å². The Morgan fingerprint density at radius 1 is 1.22 bits per heavy atom. The van der Waals surface area contributed by atoms with E-state index in [9.17, 15) is 4.79 Å². The standard InChI is InChI=1S/C18H16BrNO3/c1-20(11-12-6-8-14(19)9-7-12)18(21)16-10-13-4-3-5-15(22-2)17(13)23-16/h3-10H,11H2,1-2H3. The Morgan fingerprint density at radius 2 is 1.96 bits per heavy atom. The van der Waals surface area contributed by atoms with Crippen LogP contribution in [-0.4, -0.2) is 25.0 Å². The number of rotatable bonds is 4. The van der Waals surface area contributed by atoms with Crippen molar-refractivity contribution in [2.45, 2.75) is 6.54 Å². The van der Waals surface area contributed by atoms with Gasteiger partial charge in [-0.2, -0.15) is 0 Å². The van der Waals surface area contributed by atoms with Crippen LogP contribution in [0.5, 0.6) is 5.75 Å². The molecule has 0 radical (unpaired) electrons. The molecule has 3 aromatic rings. The highest BCUT2D eigenvalue weighted by Crippen LogP contribution is 2.29. The van der Waals surface area contributed by atoms with Gasteiger partial charge in [0.25, 0.3) is 5.91 Å². The summed E-state index contributed by atoms with van der Waals surface area (Å²) >= 11 is 3.40. The van der Waals surface area contributed by atoms with E-state index in [-0.39, 0.29) is 5.91 Å². The molecule has 4 nitrogen and oxygen atoms in total. The van der Waals surface area contributed by atoms with E-state index in [0.717, 1.165) is 15.4 Å². The molecule has 0 spiro atoms. The lowest BCUT2D eigenvalue weighted by Gasteiger charge is -2.15. The molecule has 1 amide bonds. The molecular weight excluding hydrogens is 358 g/mol. The number of fused-ring (bicyclic) bond motifs is 1. The zero-order valence-corrected chi connectivity index (χ0v) is 14.5. The molecule has 2 aromatic carbocycles. The first-order valence-corrected chi connectivity index (χ1v) is 7.94. The molecule has 3 rings (SSSR count). The Kier molecular flexibility index (Phi) is 4.39. The summed E-state index contributed by atoms with van der Waals surface area (Å²) < 4.78 is 12.0. The molecule has 118 valence electrons. The van der Waals surface area contributed by atoms with E-state index in [0.29, 0.717) is 23.6 Å². The summed E-state index contributed by atoms with van der Waals surface area (Å²) in [6, 6.07) is 15.2. The maximum Gasteiger partial charge on any atom is 0.289 e. The number of amides is 1. The van der Waals surface area contributed by atoms with Crippen LogP contribution in [0.1, 0.15) is 16.1 Å². The minimum absolute atomic E-state index is 0.161. The fourth-order valence-electron chi connectivity index (χ4n) is 2.43. The molecule has 0 atom stereocenters. The van der Waals surface area contributed by atoms with Gasteiger partial charge in [0.2, 0.25) is 0 Å². The molecule has 0 unspecified atom stereocenters. The number of halogens is 1. The van der Waals surface area contributed by atoms with Crippen LogP contribution in [0.2, 0.25) is 0 Å². The topological polar surface area (TPSA) is 42.7 Å². The van der Waals surface area contributed by atoms with Crippen LogP contribution in [0.4, 0.5) is 0 Å². The molecule has 0 bridgehead atoms. The summed E-state index contributed by atoms with van der Waals surface area (Å²) in [5, 5.41) is 0.852. The van der Waals surface area contributed by atoms with Crippen LogP contribution in [0.3, 0.4) is 0 Å². The third kappa shape index (κ3) is 3.24. The number of nitrogens with zero attached hydrogens (tertiary/aromatic N) is 1. The number of furan rings is 1. The number of carbonyl (C=O) groups excluding carboxylic acids is 1. The van der Waals surface area contributed by atoms with Crippen molar-refractivity contribution in [1.82, 2.24) is 4.90 Å². The minimum Gasteiger partial charge on any atom is -0.493 e. The average molecular weight is 374 g/mol. The van der Waals surface area contributed by atoms with Gasteiger partial charge in [-0.15, -0.1) is 0 Å². The minimum atomic E-state index is -0.161. The fraction of sp³-hybridized carbons (Fsp3) is 0.167.